The SMILES string of the molecule is NC(=O)[C@H]1CCN(C(=O)N2CC3(CC[C@H](Oc4cnc(C(F)(F)F)cn4)C3)C2)C1. The van der Waals surface area contributed by atoms with Gasteiger partial charge < -0.3 is 20.3 Å². The van der Waals surface area contributed by atoms with Crippen LogP contribution in [-0.4, -0.2) is 64.0 Å². The predicted octanol–water partition coefficient (Wildman–Crippen LogP) is 1.66. The van der Waals surface area contributed by atoms with Crippen molar-refractivity contribution in [2.45, 2.75) is 38.0 Å². The van der Waals surface area contributed by atoms with Gasteiger partial charge in [-0.15, -0.1) is 0 Å². The third-order valence-corrected chi connectivity index (χ3v) is 6.05. The molecule has 11 heteroatoms. The summed E-state index contributed by atoms with van der Waals surface area (Å²) in [5.74, 6) is -0.576. The zero-order valence-electron chi connectivity index (χ0n) is 15.7. The second-order valence-electron chi connectivity index (χ2n) is 8.19. The molecule has 0 radical (unpaired) electrons. The molecule has 1 aromatic rings. The summed E-state index contributed by atoms with van der Waals surface area (Å²) < 4.78 is 43.4. The molecule has 4 rings (SSSR count). The second kappa shape index (κ2) is 7.03. The normalized spacial score (nSPS) is 25.9. The molecule has 158 valence electrons. The summed E-state index contributed by atoms with van der Waals surface area (Å²) in [6, 6.07) is -0.0719. The number of urea groups is 1. The number of ether oxygens (including phenoxy) is 1. The first-order valence-corrected chi connectivity index (χ1v) is 9.54. The van der Waals surface area contributed by atoms with E-state index in [9.17, 15) is 22.8 Å². The molecule has 2 saturated heterocycles. The monoisotopic (exact) mass is 413 g/mol. The van der Waals surface area contributed by atoms with Crippen molar-refractivity contribution in [2.24, 2.45) is 17.1 Å². The fraction of sp³-hybridized carbons (Fsp3) is 0.667. The minimum atomic E-state index is -4.53. The van der Waals surface area contributed by atoms with Gasteiger partial charge in [0.2, 0.25) is 11.8 Å². The molecule has 3 heterocycles. The van der Waals surface area contributed by atoms with Gasteiger partial charge in [0.25, 0.3) is 0 Å². The number of alkyl halides is 3. The Morgan fingerprint density at radius 3 is 2.52 bits per heavy atom. The molecule has 3 fully saturated rings. The van der Waals surface area contributed by atoms with Crippen LogP contribution in [0.15, 0.2) is 12.4 Å². The van der Waals surface area contributed by atoms with Crippen LogP contribution in [0.1, 0.15) is 31.4 Å². The summed E-state index contributed by atoms with van der Waals surface area (Å²) in [7, 11) is 0. The molecular formula is C18H22F3N5O3. The van der Waals surface area contributed by atoms with Crippen molar-refractivity contribution in [1.29, 1.82) is 0 Å². The van der Waals surface area contributed by atoms with E-state index in [2.05, 4.69) is 9.97 Å². The minimum absolute atomic E-state index is 0.0253. The van der Waals surface area contributed by atoms with Gasteiger partial charge in [0.1, 0.15) is 6.10 Å². The Morgan fingerprint density at radius 1 is 1.17 bits per heavy atom. The number of amides is 3. The van der Waals surface area contributed by atoms with E-state index in [0.29, 0.717) is 45.2 Å². The lowest BCUT2D eigenvalue weighted by molar-refractivity contribution is -0.141. The Morgan fingerprint density at radius 2 is 1.93 bits per heavy atom. The van der Waals surface area contributed by atoms with Crippen LogP contribution in [0.4, 0.5) is 18.0 Å². The average Bonchev–Trinajstić information content (AvgIpc) is 3.27. The Kier molecular flexibility index (Phi) is 4.78. The van der Waals surface area contributed by atoms with Crippen LogP contribution < -0.4 is 10.5 Å². The predicted molar refractivity (Wildman–Crippen MR) is 93.6 cm³/mol. The Hall–Kier alpha value is -2.59. The molecule has 1 spiro atoms. The molecule has 0 unspecified atom stereocenters. The number of carbonyl (C=O) groups is 2. The van der Waals surface area contributed by atoms with Crippen LogP contribution in [0.2, 0.25) is 0 Å². The average molecular weight is 413 g/mol. The van der Waals surface area contributed by atoms with Crippen LogP contribution in [0.3, 0.4) is 0 Å². The quantitative estimate of drug-likeness (QED) is 0.812. The summed E-state index contributed by atoms with van der Waals surface area (Å²) in [4.78, 5) is 34.3. The first-order chi connectivity index (χ1) is 13.7. The second-order valence-corrected chi connectivity index (χ2v) is 8.19. The Labute approximate surface area is 165 Å². The number of nitrogens with two attached hydrogens (primary N) is 1. The smallest absolute Gasteiger partial charge is 0.434 e. The van der Waals surface area contributed by atoms with Crippen LogP contribution in [0.25, 0.3) is 0 Å². The maximum atomic E-state index is 12.6. The van der Waals surface area contributed by atoms with Crippen molar-refractivity contribution in [3.8, 4) is 5.88 Å². The number of hydrogen-bond acceptors (Lipinski definition) is 5. The summed E-state index contributed by atoms with van der Waals surface area (Å²) in [6.45, 7) is 2.13. The number of carbonyl (C=O) groups excluding carboxylic acids is 2. The van der Waals surface area contributed by atoms with Gasteiger partial charge in [-0.2, -0.15) is 13.2 Å². The van der Waals surface area contributed by atoms with E-state index in [-0.39, 0.29) is 35.3 Å². The Bertz CT molecular complexity index is 795. The van der Waals surface area contributed by atoms with Gasteiger partial charge in [-0.25, -0.2) is 14.8 Å². The van der Waals surface area contributed by atoms with Gasteiger partial charge in [-0.1, -0.05) is 0 Å². The maximum absolute atomic E-state index is 12.6. The van der Waals surface area contributed by atoms with Crippen LogP contribution in [0, 0.1) is 11.3 Å². The van der Waals surface area contributed by atoms with E-state index < -0.39 is 11.9 Å². The maximum Gasteiger partial charge on any atom is 0.434 e. The lowest BCUT2D eigenvalue weighted by atomic mass is 9.78. The molecule has 0 aromatic carbocycles. The molecule has 2 aliphatic heterocycles. The zero-order chi connectivity index (χ0) is 20.8. The van der Waals surface area contributed by atoms with E-state index >= 15 is 0 Å². The van der Waals surface area contributed by atoms with Gasteiger partial charge in [0.05, 0.1) is 18.3 Å². The van der Waals surface area contributed by atoms with Crippen molar-refractivity contribution in [1.82, 2.24) is 19.8 Å². The number of aromatic nitrogens is 2. The molecule has 3 aliphatic rings. The van der Waals surface area contributed by atoms with Crippen molar-refractivity contribution in [3.05, 3.63) is 18.1 Å². The number of halogens is 3. The van der Waals surface area contributed by atoms with E-state index in [1.54, 1.807) is 9.80 Å². The lowest BCUT2D eigenvalue weighted by Crippen LogP contribution is -2.60. The molecule has 8 nitrogen and oxygen atoms in total. The number of hydrogen-bond donors (Lipinski definition) is 1. The fourth-order valence-corrected chi connectivity index (χ4v) is 4.50. The van der Waals surface area contributed by atoms with E-state index in [4.69, 9.17) is 10.5 Å². The van der Waals surface area contributed by atoms with Gasteiger partial charge >= 0.3 is 12.2 Å². The topological polar surface area (TPSA) is 102 Å². The first kappa shape index (κ1) is 19.7. The van der Waals surface area contributed by atoms with Crippen molar-refractivity contribution in [2.75, 3.05) is 26.2 Å². The first-order valence-electron chi connectivity index (χ1n) is 9.54. The number of likely N-dealkylation sites (tertiary alicyclic amines) is 2. The van der Waals surface area contributed by atoms with Crippen molar-refractivity contribution in [3.63, 3.8) is 0 Å². The molecule has 2 N–H and O–H groups in total. The highest BCUT2D eigenvalue weighted by Crippen LogP contribution is 2.47. The van der Waals surface area contributed by atoms with E-state index in [1.807, 2.05) is 0 Å². The highest BCUT2D eigenvalue weighted by atomic mass is 19.4. The molecule has 1 aromatic heterocycles. The van der Waals surface area contributed by atoms with Crippen molar-refractivity contribution >= 4 is 11.9 Å². The van der Waals surface area contributed by atoms with Gasteiger partial charge in [-0.05, 0) is 25.7 Å². The molecule has 0 bridgehead atoms. The van der Waals surface area contributed by atoms with Gasteiger partial charge in [0.15, 0.2) is 5.69 Å². The summed E-state index contributed by atoms with van der Waals surface area (Å²) in [5, 5.41) is 0. The molecule has 3 amide bonds. The van der Waals surface area contributed by atoms with E-state index in [0.717, 1.165) is 19.0 Å². The number of nitrogens with zero attached hydrogens (tertiary/aromatic N) is 4. The molecule has 29 heavy (non-hydrogen) atoms. The summed E-state index contributed by atoms with van der Waals surface area (Å²) in [6.07, 6.45) is -0.0982. The largest absolute Gasteiger partial charge is 0.473 e. The highest BCUT2D eigenvalue weighted by Gasteiger charge is 2.51. The van der Waals surface area contributed by atoms with Gasteiger partial charge in [-0.3, -0.25) is 4.79 Å². The summed E-state index contributed by atoms with van der Waals surface area (Å²) >= 11 is 0. The minimum Gasteiger partial charge on any atom is -0.473 e. The molecule has 1 aliphatic carbocycles. The fourth-order valence-electron chi connectivity index (χ4n) is 4.50. The lowest BCUT2D eigenvalue weighted by Gasteiger charge is -2.49. The number of rotatable bonds is 3. The Balaban J connectivity index is 1.27. The third-order valence-electron chi connectivity index (χ3n) is 6.05. The molecular weight excluding hydrogens is 391 g/mol. The van der Waals surface area contributed by atoms with Crippen molar-refractivity contribution < 1.29 is 27.5 Å². The van der Waals surface area contributed by atoms with Gasteiger partial charge in [0, 0.05) is 31.6 Å². The molecule has 1 saturated carbocycles. The third kappa shape index (κ3) is 3.95. The zero-order valence-corrected chi connectivity index (χ0v) is 15.7. The summed E-state index contributed by atoms with van der Waals surface area (Å²) in [5.41, 5.74) is 4.24. The standard InChI is InChI=1S/C18H22F3N5O3/c19-18(20,21)13-6-24-14(7-23-13)29-12-1-3-17(5-12)9-26(10-17)16(28)25-4-2-11(8-25)15(22)27/h6-7,11-12H,1-5,8-10H2,(H2,22,27)/t11-,12-/m0/s1. The van der Waals surface area contributed by atoms with Crippen LogP contribution >= 0.6 is 0 Å². The number of primary amides is 1. The van der Waals surface area contributed by atoms with Crippen LogP contribution in [-0.2, 0) is 11.0 Å². The van der Waals surface area contributed by atoms with E-state index in [1.165, 1.54) is 0 Å². The molecule has 2 atom stereocenters. The highest BCUT2D eigenvalue weighted by molar-refractivity contribution is 5.80. The van der Waals surface area contributed by atoms with Crippen LogP contribution in [0.5, 0.6) is 5.88 Å².